The number of hydrogen-bond acceptors (Lipinski definition) is 9. The van der Waals surface area contributed by atoms with Gasteiger partial charge < -0.3 is 44.5 Å². The number of aliphatic hydroxyl groups excluding tert-OH is 3. The molecule has 0 bridgehead atoms. The lowest BCUT2D eigenvalue weighted by Gasteiger charge is -2.40. The summed E-state index contributed by atoms with van der Waals surface area (Å²) in [6.45, 7) is 4.78. The van der Waals surface area contributed by atoms with Crippen molar-refractivity contribution in [2.75, 3.05) is 53.2 Å². The van der Waals surface area contributed by atoms with Crippen LogP contribution in [-0.2, 0) is 25.7 Å². The minimum absolute atomic E-state index is 0.0601. The van der Waals surface area contributed by atoms with Gasteiger partial charge in [0.1, 0.15) is 18.8 Å². The van der Waals surface area contributed by atoms with Crippen molar-refractivity contribution in [1.29, 1.82) is 0 Å². The molecule has 4 N–H and O–H groups in total. The van der Waals surface area contributed by atoms with Gasteiger partial charge in [-0.1, -0.05) is 0 Å². The van der Waals surface area contributed by atoms with Crippen molar-refractivity contribution in [3.8, 4) is 11.5 Å². The molecule has 0 saturated carbocycles. The SMILES string of the molecule is CCOCCCN(C(=O)COCC)[C@@H]1CC(C(=O)NCCO)=C[C@H](Oc2c(I)cc(CO)cc2OC)[C@H]1O. The third-order valence-electron chi connectivity index (χ3n) is 5.98. The molecule has 0 aromatic heterocycles. The van der Waals surface area contributed by atoms with E-state index in [1.54, 1.807) is 19.1 Å². The van der Waals surface area contributed by atoms with Gasteiger partial charge in [0.25, 0.3) is 0 Å². The van der Waals surface area contributed by atoms with Crippen LogP contribution in [0.5, 0.6) is 11.5 Å². The molecule has 2 amide bonds. The Morgan fingerprint density at radius 2 is 1.92 bits per heavy atom. The Balaban J connectivity index is 2.45. The lowest BCUT2D eigenvalue weighted by molar-refractivity contribution is -0.143. The highest BCUT2D eigenvalue weighted by Gasteiger charge is 2.40. The molecule has 12 heteroatoms. The maximum atomic E-state index is 13.2. The van der Waals surface area contributed by atoms with E-state index in [0.29, 0.717) is 52.4 Å². The Morgan fingerprint density at radius 3 is 2.55 bits per heavy atom. The number of nitrogens with zero attached hydrogens (tertiary/aromatic N) is 1. The van der Waals surface area contributed by atoms with Crippen molar-refractivity contribution < 1.29 is 43.9 Å². The van der Waals surface area contributed by atoms with E-state index in [1.807, 2.05) is 29.5 Å². The molecule has 3 atom stereocenters. The number of methoxy groups -OCH3 is 1. The van der Waals surface area contributed by atoms with Crippen LogP contribution in [0, 0.1) is 3.57 Å². The first-order valence-electron chi connectivity index (χ1n) is 12.7. The van der Waals surface area contributed by atoms with Crippen LogP contribution in [0.2, 0.25) is 0 Å². The zero-order valence-corrected chi connectivity index (χ0v) is 24.3. The Kier molecular flexibility index (Phi) is 14.3. The monoisotopic (exact) mass is 650 g/mol. The lowest BCUT2D eigenvalue weighted by atomic mass is 9.88. The van der Waals surface area contributed by atoms with Crippen LogP contribution in [0.3, 0.4) is 0 Å². The molecule has 0 saturated heterocycles. The normalized spacial score (nSPS) is 19.0. The van der Waals surface area contributed by atoms with Crippen LogP contribution in [0.4, 0.5) is 0 Å². The first-order valence-corrected chi connectivity index (χ1v) is 13.8. The number of benzene rings is 1. The van der Waals surface area contributed by atoms with Gasteiger partial charge in [-0.05, 0) is 66.6 Å². The summed E-state index contributed by atoms with van der Waals surface area (Å²) in [4.78, 5) is 27.6. The molecule has 1 aliphatic carbocycles. The third kappa shape index (κ3) is 9.06. The van der Waals surface area contributed by atoms with Crippen molar-refractivity contribution in [2.24, 2.45) is 0 Å². The maximum Gasteiger partial charge on any atom is 0.248 e. The number of ether oxygens (including phenoxy) is 4. The van der Waals surface area contributed by atoms with Gasteiger partial charge in [0, 0.05) is 44.9 Å². The lowest BCUT2D eigenvalue weighted by Crippen LogP contribution is -2.56. The van der Waals surface area contributed by atoms with Gasteiger partial charge in [0.15, 0.2) is 11.5 Å². The minimum Gasteiger partial charge on any atom is -0.493 e. The van der Waals surface area contributed by atoms with Crippen molar-refractivity contribution >= 4 is 34.4 Å². The number of carbonyl (C=O) groups excluding carboxylic acids is 2. The van der Waals surface area contributed by atoms with Crippen LogP contribution in [0.25, 0.3) is 0 Å². The Labute approximate surface area is 237 Å². The molecule has 0 spiro atoms. The van der Waals surface area contributed by atoms with Gasteiger partial charge in [0.2, 0.25) is 11.8 Å². The summed E-state index contributed by atoms with van der Waals surface area (Å²) in [5.74, 6) is -0.0446. The number of carbonyl (C=O) groups is 2. The van der Waals surface area contributed by atoms with Gasteiger partial charge in [-0.2, -0.15) is 0 Å². The van der Waals surface area contributed by atoms with Crippen molar-refractivity contribution in [2.45, 2.75) is 51.5 Å². The van der Waals surface area contributed by atoms with Crippen LogP contribution in [-0.4, -0.2) is 104 Å². The summed E-state index contributed by atoms with van der Waals surface area (Å²) >= 11 is 2.05. The summed E-state index contributed by atoms with van der Waals surface area (Å²) < 4.78 is 23.1. The second-order valence-corrected chi connectivity index (χ2v) is 9.72. The molecule has 1 aromatic carbocycles. The summed E-state index contributed by atoms with van der Waals surface area (Å²) in [7, 11) is 1.47. The zero-order chi connectivity index (χ0) is 28.1. The van der Waals surface area contributed by atoms with E-state index >= 15 is 0 Å². The maximum absolute atomic E-state index is 13.2. The van der Waals surface area contributed by atoms with Crippen LogP contribution >= 0.6 is 22.6 Å². The fourth-order valence-electron chi connectivity index (χ4n) is 4.12. The van der Waals surface area contributed by atoms with E-state index < -0.39 is 24.2 Å². The van der Waals surface area contributed by atoms with Gasteiger partial charge in [-0.3, -0.25) is 9.59 Å². The number of hydrogen-bond donors (Lipinski definition) is 4. The summed E-state index contributed by atoms with van der Waals surface area (Å²) in [5, 5.41) is 32.8. The summed E-state index contributed by atoms with van der Waals surface area (Å²) in [5.41, 5.74) is 0.945. The number of rotatable bonds is 16. The molecule has 0 heterocycles. The van der Waals surface area contributed by atoms with Gasteiger partial charge >= 0.3 is 0 Å². The number of aliphatic hydroxyl groups is 3. The molecule has 0 fully saturated rings. The van der Waals surface area contributed by atoms with E-state index in [0.717, 1.165) is 0 Å². The van der Waals surface area contributed by atoms with Crippen LogP contribution in [0.1, 0.15) is 32.3 Å². The van der Waals surface area contributed by atoms with Crippen LogP contribution < -0.4 is 14.8 Å². The van der Waals surface area contributed by atoms with E-state index in [2.05, 4.69) is 5.32 Å². The smallest absolute Gasteiger partial charge is 0.248 e. The number of halogens is 1. The van der Waals surface area contributed by atoms with Crippen LogP contribution in [0.15, 0.2) is 23.8 Å². The predicted octanol–water partition coefficient (Wildman–Crippen LogP) is 0.999. The van der Waals surface area contributed by atoms with Crippen molar-refractivity contribution in [3.05, 3.63) is 32.9 Å². The average Bonchev–Trinajstić information content (AvgIpc) is 2.92. The highest BCUT2D eigenvalue weighted by molar-refractivity contribution is 14.1. The minimum atomic E-state index is -1.18. The zero-order valence-electron chi connectivity index (χ0n) is 22.2. The topological polar surface area (TPSA) is 147 Å². The molecule has 0 aliphatic heterocycles. The summed E-state index contributed by atoms with van der Waals surface area (Å²) in [6, 6.07) is 2.58. The first-order chi connectivity index (χ1) is 18.3. The molecule has 1 aromatic rings. The average molecular weight is 651 g/mol. The molecule has 38 heavy (non-hydrogen) atoms. The van der Waals surface area contributed by atoms with Crippen molar-refractivity contribution in [3.63, 3.8) is 0 Å². The quantitative estimate of drug-likeness (QED) is 0.152. The van der Waals surface area contributed by atoms with Crippen molar-refractivity contribution in [1.82, 2.24) is 10.2 Å². The van der Waals surface area contributed by atoms with E-state index in [4.69, 9.17) is 24.1 Å². The Morgan fingerprint density at radius 1 is 1.18 bits per heavy atom. The molecular weight excluding hydrogens is 611 g/mol. The molecule has 0 radical (unpaired) electrons. The first kappa shape index (κ1) is 32.2. The molecule has 214 valence electrons. The van der Waals surface area contributed by atoms with Gasteiger partial charge in [0.05, 0.1) is 29.9 Å². The molecule has 11 nitrogen and oxygen atoms in total. The Bertz CT molecular complexity index is 944. The highest BCUT2D eigenvalue weighted by Crippen LogP contribution is 2.37. The largest absolute Gasteiger partial charge is 0.493 e. The highest BCUT2D eigenvalue weighted by atomic mass is 127. The van der Waals surface area contributed by atoms with E-state index in [1.165, 1.54) is 18.1 Å². The second kappa shape index (κ2) is 16.9. The third-order valence-corrected chi connectivity index (χ3v) is 6.78. The molecule has 0 unspecified atom stereocenters. The molecule has 2 rings (SSSR count). The number of nitrogens with one attached hydrogen (secondary N) is 1. The van der Waals surface area contributed by atoms with Gasteiger partial charge in [-0.25, -0.2) is 0 Å². The fraction of sp³-hybridized carbons (Fsp3) is 0.615. The van der Waals surface area contributed by atoms with E-state index in [-0.39, 0.29) is 45.2 Å². The number of amides is 2. The molecule has 1 aliphatic rings. The molecular formula is C26H39IN2O9. The summed E-state index contributed by atoms with van der Waals surface area (Å²) in [6.07, 6.45) is -0.0257. The Hall–Kier alpha value is -1.97. The van der Waals surface area contributed by atoms with Gasteiger partial charge in [-0.15, -0.1) is 0 Å². The predicted molar refractivity (Wildman–Crippen MR) is 148 cm³/mol. The van der Waals surface area contributed by atoms with E-state index in [9.17, 15) is 19.8 Å². The fourth-order valence-corrected chi connectivity index (χ4v) is 4.92. The standard InChI is InChI=1S/C26H39IN2O9/c1-4-36-10-6-8-29(23(32)16-37-5-2)20-13-18(26(34)28-7-9-30)14-21(24(20)33)38-25-19(27)11-17(15-31)12-22(25)35-3/h11-12,14,20-21,24,30-31,33H,4-10,13,15-16H2,1-3H3,(H,28,34)/t20-,21+,24+/m1/s1. The second-order valence-electron chi connectivity index (χ2n) is 8.56.